The second kappa shape index (κ2) is 6.53. The Balaban J connectivity index is 2.47. The molecule has 0 amide bonds. The Kier molecular flexibility index (Phi) is 5.28. The zero-order chi connectivity index (χ0) is 11.1. The predicted octanol–water partition coefficient (Wildman–Crippen LogP) is 1.32. The third-order valence-corrected chi connectivity index (χ3v) is 2.28. The normalized spacial score (nSPS) is 13.0. The highest BCUT2D eigenvalue weighted by molar-refractivity contribution is 4.89. The van der Waals surface area contributed by atoms with Gasteiger partial charge in [-0.25, -0.2) is 0 Å². The molecule has 5 nitrogen and oxygen atoms in total. The van der Waals surface area contributed by atoms with Crippen LogP contribution in [-0.4, -0.2) is 31.0 Å². The van der Waals surface area contributed by atoms with E-state index in [1.54, 1.807) is 7.11 Å². The quantitative estimate of drug-likeness (QED) is 0.692. The van der Waals surface area contributed by atoms with Crippen molar-refractivity contribution in [2.24, 2.45) is 0 Å². The summed E-state index contributed by atoms with van der Waals surface area (Å²) in [6, 6.07) is 0.161. The molecule has 1 aromatic heterocycles. The van der Waals surface area contributed by atoms with Crippen molar-refractivity contribution >= 4 is 0 Å². The molecule has 1 heterocycles. The lowest BCUT2D eigenvalue weighted by molar-refractivity contribution is 0.192. The summed E-state index contributed by atoms with van der Waals surface area (Å²) in [6.45, 7) is 2.80. The van der Waals surface area contributed by atoms with Gasteiger partial charge in [-0.2, -0.15) is 0 Å². The predicted molar refractivity (Wildman–Crippen MR) is 56.6 cm³/mol. The number of hydrogen-bond donors (Lipinski definition) is 1. The Morgan fingerprint density at radius 2 is 2.27 bits per heavy atom. The van der Waals surface area contributed by atoms with Gasteiger partial charge in [0, 0.05) is 20.1 Å². The van der Waals surface area contributed by atoms with E-state index in [4.69, 9.17) is 9.15 Å². The van der Waals surface area contributed by atoms with Crippen LogP contribution in [0.15, 0.2) is 4.42 Å². The van der Waals surface area contributed by atoms with E-state index in [2.05, 4.69) is 22.4 Å². The van der Waals surface area contributed by atoms with Crippen LogP contribution in [-0.2, 0) is 11.2 Å². The third kappa shape index (κ3) is 3.60. The molecule has 0 bridgehead atoms. The highest BCUT2D eigenvalue weighted by atomic mass is 16.5. The van der Waals surface area contributed by atoms with Gasteiger partial charge in [0.2, 0.25) is 11.8 Å². The fourth-order valence-corrected chi connectivity index (χ4v) is 1.38. The summed E-state index contributed by atoms with van der Waals surface area (Å²) in [5.74, 6) is 1.36. The Morgan fingerprint density at radius 3 is 2.87 bits per heavy atom. The summed E-state index contributed by atoms with van der Waals surface area (Å²) in [5.41, 5.74) is 0. The molecular weight excluding hydrogens is 194 g/mol. The number of methoxy groups -OCH3 is 1. The molecule has 0 saturated heterocycles. The zero-order valence-corrected chi connectivity index (χ0v) is 9.62. The van der Waals surface area contributed by atoms with E-state index in [1.165, 1.54) is 0 Å². The lowest BCUT2D eigenvalue weighted by Gasteiger charge is -2.07. The third-order valence-electron chi connectivity index (χ3n) is 2.28. The molecule has 0 spiro atoms. The van der Waals surface area contributed by atoms with E-state index in [-0.39, 0.29) is 6.04 Å². The number of aryl methyl sites for hydroxylation is 1. The van der Waals surface area contributed by atoms with Crippen molar-refractivity contribution in [2.75, 3.05) is 20.8 Å². The Labute approximate surface area is 90.2 Å². The smallest absolute Gasteiger partial charge is 0.233 e. The minimum absolute atomic E-state index is 0.161. The van der Waals surface area contributed by atoms with E-state index >= 15 is 0 Å². The summed E-state index contributed by atoms with van der Waals surface area (Å²) in [6.07, 6.45) is 2.63. The number of nitrogens with zero attached hydrogens (tertiary/aromatic N) is 2. The van der Waals surface area contributed by atoms with E-state index in [0.717, 1.165) is 25.9 Å². The monoisotopic (exact) mass is 213 g/mol. The van der Waals surface area contributed by atoms with Crippen LogP contribution in [0.1, 0.15) is 37.6 Å². The first kappa shape index (κ1) is 12.1. The summed E-state index contributed by atoms with van der Waals surface area (Å²) >= 11 is 0. The van der Waals surface area contributed by atoms with Crippen molar-refractivity contribution in [1.82, 2.24) is 15.5 Å². The van der Waals surface area contributed by atoms with E-state index in [9.17, 15) is 0 Å². The van der Waals surface area contributed by atoms with Crippen LogP contribution < -0.4 is 5.32 Å². The second-order valence-corrected chi connectivity index (χ2v) is 3.38. The number of aromatic nitrogens is 2. The molecule has 0 fully saturated rings. The number of nitrogens with one attached hydrogen (secondary N) is 1. The van der Waals surface area contributed by atoms with Gasteiger partial charge < -0.3 is 14.5 Å². The fraction of sp³-hybridized carbons (Fsp3) is 0.800. The molecule has 0 aliphatic rings. The summed E-state index contributed by atoms with van der Waals surface area (Å²) in [7, 11) is 3.58. The van der Waals surface area contributed by atoms with Gasteiger partial charge >= 0.3 is 0 Å². The molecule has 5 heteroatoms. The molecule has 0 aliphatic heterocycles. The number of rotatable bonds is 7. The van der Waals surface area contributed by atoms with Crippen molar-refractivity contribution in [3.8, 4) is 0 Å². The average molecular weight is 213 g/mol. The second-order valence-electron chi connectivity index (χ2n) is 3.38. The highest BCUT2D eigenvalue weighted by Gasteiger charge is 2.14. The molecule has 15 heavy (non-hydrogen) atoms. The van der Waals surface area contributed by atoms with Gasteiger partial charge in [0.1, 0.15) is 0 Å². The molecular formula is C10H19N3O2. The SMILES string of the molecule is CCC(NC)c1nnc(CCCOC)o1. The molecule has 1 atom stereocenters. The standard InChI is InChI=1S/C10H19N3O2/c1-4-8(11-2)10-13-12-9(15-10)6-5-7-14-3/h8,11H,4-7H2,1-3H3. The molecule has 1 rings (SSSR count). The van der Waals surface area contributed by atoms with Crippen LogP contribution in [0.3, 0.4) is 0 Å². The summed E-state index contributed by atoms with van der Waals surface area (Å²) in [5, 5.41) is 11.1. The topological polar surface area (TPSA) is 60.2 Å². The number of ether oxygens (including phenoxy) is 1. The maximum absolute atomic E-state index is 5.53. The summed E-state index contributed by atoms with van der Waals surface area (Å²) in [4.78, 5) is 0. The van der Waals surface area contributed by atoms with Gasteiger partial charge in [-0.1, -0.05) is 6.92 Å². The average Bonchev–Trinajstić information content (AvgIpc) is 2.69. The van der Waals surface area contributed by atoms with E-state index in [1.807, 2.05) is 7.05 Å². The Bertz CT molecular complexity index is 271. The Morgan fingerprint density at radius 1 is 1.47 bits per heavy atom. The molecule has 0 radical (unpaired) electrons. The van der Waals surface area contributed by atoms with Gasteiger partial charge in [0.25, 0.3) is 0 Å². The van der Waals surface area contributed by atoms with Crippen LogP contribution in [0.2, 0.25) is 0 Å². The van der Waals surface area contributed by atoms with Crippen molar-refractivity contribution in [1.29, 1.82) is 0 Å². The largest absolute Gasteiger partial charge is 0.424 e. The van der Waals surface area contributed by atoms with Crippen LogP contribution in [0, 0.1) is 0 Å². The van der Waals surface area contributed by atoms with Crippen molar-refractivity contribution in [2.45, 2.75) is 32.2 Å². The first-order valence-electron chi connectivity index (χ1n) is 5.30. The highest BCUT2D eigenvalue weighted by Crippen LogP contribution is 2.14. The molecule has 0 saturated carbocycles. The van der Waals surface area contributed by atoms with Gasteiger partial charge in [-0.3, -0.25) is 0 Å². The van der Waals surface area contributed by atoms with E-state index < -0.39 is 0 Å². The van der Waals surface area contributed by atoms with Crippen molar-refractivity contribution in [3.05, 3.63) is 11.8 Å². The number of hydrogen-bond acceptors (Lipinski definition) is 5. The van der Waals surface area contributed by atoms with Crippen LogP contribution >= 0.6 is 0 Å². The fourth-order valence-electron chi connectivity index (χ4n) is 1.38. The first-order chi connectivity index (χ1) is 7.31. The van der Waals surface area contributed by atoms with Gasteiger partial charge in [-0.15, -0.1) is 10.2 Å². The lowest BCUT2D eigenvalue weighted by atomic mass is 10.2. The van der Waals surface area contributed by atoms with Crippen molar-refractivity contribution < 1.29 is 9.15 Å². The van der Waals surface area contributed by atoms with Crippen LogP contribution in [0.5, 0.6) is 0 Å². The molecule has 1 unspecified atom stereocenters. The van der Waals surface area contributed by atoms with Crippen LogP contribution in [0.25, 0.3) is 0 Å². The molecule has 1 N–H and O–H groups in total. The lowest BCUT2D eigenvalue weighted by Crippen LogP contribution is -2.15. The van der Waals surface area contributed by atoms with Gasteiger partial charge in [0.15, 0.2) is 0 Å². The molecule has 0 aromatic carbocycles. The van der Waals surface area contributed by atoms with E-state index in [0.29, 0.717) is 11.8 Å². The Hall–Kier alpha value is -0.940. The minimum atomic E-state index is 0.161. The van der Waals surface area contributed by atoms with Gasteiger partial charge in [0.05, 0.1) is 6.04 Å². The maximum Gasteiger partial charge on any atom is 0.233 e. The first-order valence-corrected chi connectivity index (χ1v) is 5.30. The van der Waals surface area contributed by atoms with Gasteiger partial charge in [-0.05, 0) is 19.9 Å². The molecule has 1 aromatic rings. The summed E-state index contributed by atoms with van der Waals surface area (Å²) < 4.78 is 10.5. The van der Waals surface area contributed by atoms with Crippen LogP contribution in [0.4, 0.5) is 0 Å². The molecule has 86 valence electrons. The molecule has 0 aliphatic carbocycles. The minimum Gasteiger partial charge on any atom is -0.424 e. The zero-order valence-electron chi connectivity index (χ0n) is 9.62. The van der Waals surface area contributed by atoms with Crippen molar-refractivity contribution in [3.63, 3.8) is 0 Å². The maximum atomic E-state index is 5.53.